The Labute approximate surface area is 91.9 Å². The second-order valence-electron chi connectivity index (χ2n) is 4.70. The van der Waals surface area contributed by atoms with Gasteiger partial charge in [0.05, 0.1) is 6.54 Å². The molecule has 1 aromatic rings. The van der Waals surface area contributed by atoms with Crippen LogP contribution < -0.4 is 5.32 Å². The molecule has 1 N–H and O–H groups in total. The summed E-state index contributed by atoms with van der Waals surface area (Å²) in [6, 6.07) is 0.690. The van der Waals surface area contributed by atoms with Crippen LogP contribution in [0.1, 0.15) is 38.4 Å². The first-order valence-corrected chi connectivity index (χ1v) is 5.97. The predicted molar refractivity (Wildman–Crippen MR) is 61.5 cm³/mol. The Bertz CT molecular complexity index is 306. The lowest BCUT2D eigenvalue weighted by molar-refractivity contribution is 0.277. The Morgan fingerprint density at radius 1 is 1.47 bits per heavy atom. The van der Waals surface area contributed by atoms with Gasteiger partial charge in [-0.15, -0.1) is 0 Å². The first-order valence-electron chi connectivity index (χ1n) is 5.97. The van der Waals surface area contributed by atoms with Crippen molar-refractivity contribution in [2.24, 2.45) is 13.0 Å². The molecule has 84 valence electrons. The largest absolute Gasteiger partial charge is 0.337 e. The zero-order chi connectivity index (χ0) is 10.7. The summed E-state index contributed by atoms with van der Waals surface area (Å²) in [5.41, 5.74) is 0. The summed E-state index contributed by atoms with van der Waals surface area (Å²) in [4.78, 5) is 4.33. The zero-order valence-corrected chi connectivity index (χ0v) is 9.74. The quantitative estimate of drug-likeness (QED) is 0.822. The minimum Gasteiger partial charge on any atom is -0.337 e. The molecule has 1 aliphatic rings. The second-order valence-corrected chi connectivity index (χ2v) is 4.70. The number of aromatic nitrogens is 2. The number of nitrogens with one attached hydrogen (secondary N) is 1. The molecule has 0 aliphatic heterocycles. The van der Waals surface area contributed by atoms with Gasteiger partial charge in [0.25, 0.3) is 0 Å². The third-order valence-electron chi connectivity index (χ3n) is 3.55. The maximum atomic E-state index is 4.33. The van der Waals surface area contributed by atoms with Crippen LogP contribution in [0.4, 0.5) is 0 Å². The van der Waals surface area contributed by atoms with E-state index in [0.717, 1.165) is 18.3 Å². The van der Waals surface area contributed by atoms with Crippen molar-refractivity contribution in [1.29, 1.82) is 0 Å². The fraction of sp³-hybridized carbons (Fsp3) is 0.750. The molecule has 0 aromatic carbocycles. The Hall–Kier alpha value is -0.830. The maximum Gasteiger partial charge on any atom is 0.122 e. The van der Waals surface area contributed by atoms with Gasteiger partial charge in [0, 0.05) is 25.5 Å². The maximum absolute atomic E-state index is 4.33. The highest BCUT2D eigenvalue weighted by Gasteiger charge is 2.20. The van der Waals surface area contributed by atoms with E-state index in [-0.39, 0.29) is 0 Å². The highest BCUT2D eigenvalue weighted by Crippen LogP contribution is 2.23. The van der Waals surface area contributed by atoms with E-state index in [1.165, 1.54) is 25.7 Å². The average Bonchev–Trinajstić information content (AvgIpc) is 2.63. The van der Waals surface area contributed by atoms with Gasteiger partial charge in [0.2, 0.25) is 0 Å². The third kappa shape index (κ3) is 2.59. The van der Waals surface area contributed by atoms with Gasteiger partial charge in [-0.25, -0.2) is 4.98 Å². The average molecular weight is 207 g/mol. The minimum atomic E-state index is 0.690. The van der Waals surface area contributed by atoms with Gasteiger partial charge >= 0.3 is 0 Å². The van der Waals surface area contributed by atoms with Crippen molar-refractivity contribution in [3.8, 4) is 0 Å². The number of aryl methyl sites for hydroxylation is 1. The van der Waals surface area contributed by atoms with Crippen LogP contribution in [0.2, 0.25) is 0 Å². The summed E-state index contributed by atoms with van der Waals surface area (Å²) < 4.78 is 2.08. The van der Waals surface area contributed by atoms with Gasteiger partial charge in [-0.1, -0.05) is 19.8 Å². The Balaban J connectivity index is 1.84. The van der Waals surface area contributed by atoms with Crippen LogP contribution in [0.3, 0.4) is 0 Å². The first kappa shape index (κ1) is 10.7. The van der Waals surface area contributed by atoms with Crippen molar-refractivity contribution < 1.29 is 0 Å². The van der Waals surface area contributed by atoms with E-state index in [1.54, 1.807) is 0 Å². The van der Waals surface area contributed by atoms with Gasteiger partial charge < -0.3 is 9.88 Å². The fourth-order valence-electron chi connectivity index (χ4n) is 2.41. The molecule has 2 rings (SSSR count). The van der Waals surface area contributed by atoms with E-state index in [4.69, 9.17) is 0 Å². The van der Waals surface area contributed by atoms with Crippen LogP contribution in [-0.2, 0) is 13.6 Å². The van der Waals surface area contributed by atoms with Gasteiger partial charge in [-0.2, -0.15) is 0 Å². The molecule has 3 heteroatoms. The van der Waals surface area contributed by atoms with E-state index >= 15 is 0 Å². The molecule has 0 saturated heterocycles. The molecule has 1 fully saturated rings. The third-order valence-corrected chi connectivity index (χ3v) is 3.55. The standard InChI is InChI=1S/C12H21N3/c1-10-5-3-4-6-11(10)14-9-12-13-7-8-15(12)2/h7-8,10-11,14H,3-6,9H2,1-2H3. The fourth-order valence-corrected chi connectivity index (χ4v) is 2.41. The smallest absolute Gasteiger partial charge is 0.122 e. The molecular weight excluding hydrogens is 186 g/mol. The molecule has 2 unspecified atom stereocenters. The minimum absolute atomic E-state index is 0.690. The molecule has 0 radical (unpaired) electrons. The van der Waals surface area contributed by atoms with Crippen LogP contribution in [0, 0.1) is 5.92 Å². The normalized spacial score (nSPS) is 26.8. The summed E-state index contributed by atoms with van der Waals surface area (Å²) in [5, 5.41) is 3.63. The topological polar surface area (TPSA) is 29.9 Å². The van der Waals surface area contributed by atoms with Gasteiger partial charge in [-0.3, -0.25) is 0 Å². The Morgan fingerprint density at radius 2 is 2.27 bits per heavy atom. The molecule has 3 nitrogen and oxygen atoms in total. The zero-order valence-electron chi connectivity index (χ0n) is 9.74. The second kappa shape index (κ2) is 4.79. The summed E-state index contributed by atoms with van der Waals surface area (Å²) in [6.07, 6.45) is 9.34. The molecule has 2 atom stereocenters. The lowest BCUT2D eigenvalue weighted by Gasteiger charge is -2.29. The van der Waals surface area contributed by atoms with Crippen molar-refractivity contribution in [1.82, 2.24) is 14.9 Å². The van der Waals surface area contributed by atoms with Gasteiger partial charge in [0.15, 0.2) is 0 Å². The van der Waals surface area contributed by atoms with E-state index in [1.807, 2.05) is 19.4 Å². The lowest BCUT2D eigenvalue weighted by atomic mass is 9.86. The van der Waals surface area contributed by atoms with Crippen LogP contribution >= 0.6 is 0 Å². The summed E-state index contributed by atoms with van der Waals surface area (Å²) in [6.45, 7) is 3.26. The van der Waals surface area contributed by atoms with Crippen LogP contribution in [0.25, 0.3) is 0 Å². The molecule has 0 bridgehead atoms. The molecule has 1 aromatic heterocycles. The SMILES string of the molecule is CC1CCCCC1NCc1nccn1C. The number of hydrogen-bond donors (Lipinski definition) is 1. The van der Waals surface area contributed by atoms with Crippen LogP contribution in [0.5, 0.6) is 0 Å². The molecule has 1 saturated carbocycles. The highest BCUT2D eigenvalue weighted by atomic mass is 15.1. The van der Waals surface area contributed by atoms with E-state index < -0.39 is 0 Å². The Morgan fingerprint density at radius 3 is 2.93 bits per heavy atom. The van der Waals surface area contributed by atoms with Gasteiger partial charge in [-0.05, 0) is 18.8 Å². The number of hydrogen-bond acceptors (Lipinski definition) is 2. The van der Waals surface area contributed by atoms with Crippen molar-refractivity contribution in [3.05, 3.63) is 18.2 Å². The Kier molecular flexibility index (Phi) is 3.41. The lowest BCUT2D eigenvalue weighted by Crippen LogP contribution is -2.37. The van der Waals surface area contributed by atoms with E-state index in [2.05, 4.69) is 21.8 Å². The van der Waals surface area contributed by atoms with Gasteiger partial charge in [0.1, 0.15) is 5.82 Å². The molecule has 15 heavy (non-hydrogen) atoms. The summed E-state index contributed by atoms with van der Waals surface area (Å²) >= 11 is 0. The van der Waals surface area contributed by atoms with Crippen molar-refractivity contribution in [2.45, 2.75) is 45.2 Å². The highest BCUT2D eigenvalue weighted by molar-refractivity contribution is 4.91. The van der Waals surface area contributed by atoms with Crippen molar-refractivity contribution in [3.63, 3.8) is 0 Å². The molecule has 0 amide bonds. The number of imidazole rings is 1. The molecular formula is C12H21N3. The number of rotatable bonds is 3. The molecule has 1 aliphatic carbocycles. The van der Waals surface area contributed by atoms with Crippen molar-refractivity contribution in [2.75, 3.05) is 0 Å². The summed E-state index contributed by atoms with van der Waals surface area (Å²) in [5.74, 6) is 1.95. The molecule has 1 heterocycles. The van der Waals surface area contributed by atoms with E-state index in [0.29, 0.717) is 6.04 Å². The van der Waals surface area contributed by atoms with Crippen molar-refractivity contribution >= 4 is 0 Å². The molecule has 0 spiro atoms. The summed E-state index contributed by atoms with van der Waals surface area (Å²) in [7, 11) is 2.05. The monoisotopic (exact) mass is 207 g/mol. The van der Waals surface area contributed by atoms with E-state index in [9.17, 15) is 0 Å². The van der Waals surface area contributed by atoms with Crippen LogP contribution in [-0.4, -0.2) is 15.6 Å². The van der Waals surface area contributed by atoms with Crippen LogP contribution in [0.15, 0.2) is 12.4 Å². The predicted octanol–water partition coefficient (Wildman–Crippen LogP) is 2.09. The first-order chi connectivity index (χ1) is 7.27. The number of nitrogens with zero attached hydrogens (tertiary/aromatic N) is 2.